The Labute approximate surface area is 107 Å². The van der Waals surface area contributed by atoms with Crippen molar-refractivity contribution in [2.24, 2.45) is 0 Å². The molecule has 1 saturated heterocycles. The summed E-state index contributed by atoms with van der Waals surface area (Å²) in [4.78, 5) is 4.67. The van der Waals surface area contributed by atoms with Crippen LogP contribution < -0.4 is 10.6 Å². The first kappa shape index (κ1) is 13.0. The van der Waals surface area contributed by atoms with E-state index in [0.29, 0.717) is 0 Å². The molecule has 0 aromatic carbocycles. The summed E-state index contributed by atoms with van der Waals surface area (Å²) in [6.07, 6.45) is 2.20. The second-order valence-corrected chi connectivity index (χ2v) is 5.40. The molecule has 0 aliphatic carbocycles. The van der Waals surface area contributed by atoms with Crippen LogP contribution in [0.15, 0.2) is 5.38 Å². The predicted molar refractivity (Wildman–Crippen MR) is 70.5 cm³/mol. The average molecular weight is 255 g/mol. The molecule has 1 aliphatic rings. The lowest BCUT2D eigenvalue weighted by atomic mass is 9.89. The lowest BCUT2D eigenvalue weighted by Crippen LogP contribution is -2.50. The van der Waals surface area contributed by atoms with Crippen molar-refractivity contribution < 1.29 is 4.74 Å². The summed E-state index contributed by atoms with van der Waals surface area (Å²) >= 11 is 1.77. The number of aryl methyl sites for hydroxylation is 1. The molecule has 0 spiro atoms. The highest BCUT2D eigenvalue weighted by Gasteiger charge is 2.35. The number of methoxy groups -OCH3 is 1. The Morgan fingerprint density at radius 2 is 2.29 bits per heavy atom. The van der Waals surface area contributed by atoms with Crippen LogP contribution in [0, 0.1) is 6.92 Å². The molecule has 17 heavy (non-hydrogen) atoms. The lowest BCUT2D eigenvalue weighted by molar-refractivity contribution is 0.170. The average Bonchev–Trinajstić information content (AvgIpc) is 2.78. The summed E-state index contributed by atoms with van der Waals surface area (Å²) in [6, 6.07) is 0. The van der Waals surface area contributed by atoms with Crippen LogP contribution >= 0.6 is 11.3 Å². The number of rotatable bonds is 5. The number of aromatic nitrogens is 1. The van der Waals surface area contributed by atoms with Gasteiger partial charge in [-0.15, -0.1) is 11.3 Å². The largest absolute Gasteiger partial charge is 0.383 e. The van der Waals surface area contributed by atoms with E-state index >= 15 is 0 Å². The number of ether oxygens (including phenoxy) is 1. The van der Waals surface area contributed by atoms with Gasteiger partial charge in [0.25, 0.3) is 0 Å². The van der Waals surface area contributed by atoms with Gasteiger partial charge in [0.1, 0.15) is 5.01 Å². The summed E-state index contributed by atoms with van der Waals surface area (Å²) in [5.74, 6) is 0. The Balaban J connectivity index is 2.11. The smallest absolute Gasteiger partial charge is 0.113 e. The first-order valence-electron chi connectivity index (χ1n) is 6.14. The number of hydrogen-bond acceptors (Lipinski definition) is 5. The molecule has 1 aliphatic heterocycles. The Hall–Kier alpha value is -0.490. The highest BCUT2D eigenvalue weighted by atomic mass is 32.1. The van der Waals surface area contributed by atoms with Crippen LogP contribution in [0.5, 0.6) is 0 Å². The van der Waals surface area contributed by atoms with Gasteiger partial charge in [-0.05, 0) is 32.9 Å². The van der Waals surface area contributed by atoms with Crippen LogP contribution in [-0.4, -0.2) is 38.3 Å². The standard InChI is InChI=1S/C12H21N3OS/c1-10-9-17-11(15-10)12(14-7-8-16-2)3-5-13-6-4-12/h9,13-14H,3-8H2,1-2H3. The molecule has 5 heteroatoms. The molecule has 2 rings (SSSR count). The van der Waals surface area contributed by atoms with Gasteiger partial charge in [0, 0.05) is 24.7 Å². The van der Waals surface area contributed by atoms with Crippen molar-refractivity contribution in [3.8, 4) is 0 Å². The number of hydrogen-bond donors (Lipinski definition) is 2. The van der Waals surface area contributed by atoms with E-state index in [2.05, 4.69) is 27.9 Å². The maximum atomic E-state index is 5.12. The molecule has 1 aromatic rings. The summed E-state index contributed by atoms with van der Waals surface area (Å²) in [5, 5.41) is 10.4. The molecule has 0 atom stereocenters. The third-order valence-corrected chi connectivity index (χ3v) is 4.42. The van der Waals surface area contributed by atoms with Gasteiger partial charge in [0.05, 0.1) is 12.1 Å². The number of nitrogens with one attached hydrogen (secondary N) is 2. The van der Waals surface area contributed by atoms with Gasteiger partial charge in [0.2, 0.25) is 0 Å². The van der Waals surface area contributed by atoms with E-state index in [1.54, 1.807) is 18.4 Å². The summed E-state index contributed by atoms with van der Waals surface area (Å²) in [5.41, 5.74) is 1.18. The maximum absolute atomic E-state index is 5.12. The summed E-state index contributed by atoms with van der Waals surface area (Å²) in [7, 11) is 1.74. The van der Waals surface area contributed by atoms with E-state index in [9.17, 15) is 0 Å². The second kappa shape index (κ2) is 5.91. The van der Waals surface area contributed by atoms with E-state index in [4.69, 9.17) is 4.74 Å². The minimum Gasteiger partial charge on any atom is -0.383 e. The lowest BCUT2D eigenvalue weighted by Gasteiger charge is -2.37. The SMILES string of the molecule is COCCNC1(c2nc(C)cs2)CCNCC1. The van der Waals surface area contributed by atoms with Crippen molar-refractivity contribution in [3.63, 3.8) is 0 Å². The highest BCUT2D eigenvalue weighted by Crippen LogP contribution is 2.32. The topological polar surface area (TPSA) is 46.2 Å². The molecule has 0 amide bonds. The van der Waals surface area contributed by atoms with E-state index < -0.39 is 0 Å². The molecule has 0 unspecified atom stereocenters. The molecule has 2 N–H and O–H groups in total. The molecule has 4 nitrogen and oxygen atoms in total. The molecule has 0 radical (unpaired) electrons. The first-order chi connectivity index (χ1) is 8.27. The molecule has 96 valence electrons. The van der Waals surface area contributed by atoms with Crippen molar-refractivity contribution in [2.45, 2.75) is 25.3 Å². The summed E-state index contributed by atoms with van der Waals surface area (Å²) < 4.78 is 5.12. The summed E-state index contributed by atoms with van der Waals surface area (Å²) in [6.45, 7) is 5.80. The molecular weight excluding hydrogens is 234 g/mol. The Bertz CT molecular complexity index is 347. The Kier molecular flexibility index (Phi) is 4.50. The zero-order chi connectivity index (χ0) is 12.1. The van der Waals surface area contributed by atoms with Crippen LogP contribution in [0.2, 0.25) is 0 Å². The fraction of sp³-hybridized carbons (Fsp3) is 0.750. The monoisotopic (exact) mass is 255 g/mol. The number of piperidine rings is 1. The van der Waals surface area contributed by atoms with E-state index in [0.717, 1.165) is 44.8 Å². The normalized spacial score (nSPS) is 19.4. The van der Waals surface area contributed by atoms with E-state index in [-0.39, 0.29) is 5.54 Å². The fourth-order valence-electron chi connectivity index (χ4n) is 2.29. The van der Waals surface area contributed by atoms with Gasteiger partial charge in [-0.3, -0.25) is 0 Å². The highest BCUT2D eigenvalue weighted by molar-refractivity contribution is 7.09. The Morgan fingerprint density at radius 3 is 2.88 bits per heavy atom. The Morgan fingerprint density at radius 1 is 1.53 bits per heavy atom. The number of nitrogens with zero attached hydrogens (tertiary/aromatic N) is 1. The van der Waals surface area contributed by atoms with Gasteiger partial charge >= 0.3 is 0 Å². The molecule has 0 saturated carbocycles. The van der Waals surface area contributed by atoms with E-state index in [1.165, 1.54) is 5.01 Å². The van der Waals surface area contributed by atoms with E-state index in [1.807, 2.05) is 0 Å². The third kappa shape index (κ3) is 3.04. The number of thiazole rings is 1. The van der Waals surface area contributed by atoms with Crippen molar-refractivity contribution >= 4 is 11.3 Å². The van der Waals surface area contributed by atoms with Crippen molar-refractivity contribution in [2.75, 3.05) is 33.4 Å². The molecule has 0 bridgehead atoms. The molecule has 1 fully saturated rings. The van der Waals surface area contributed by atoms with Gasteiger partial charge in [-0.1, -0.05) is 0 Å². The van der Waals surface area contributed by atoms with Gasteiger partial charge in [-0.25, -0.2) is 4.98 Å². The van der Waals surface area contributed by atoms with Crippen LogP contribution in [-0.2, 0) is 10.3 Å². The first-order valence-corrected chi connectivity index (χ1v) is 7.02. The zero-order valence-corrected chi connectivity index (χ0v) is 11.4. The fourth-order valence-corrected chi connectivity index (χ4v) is 3.32. The second-order valence-electron chi connectivity index (χ2n) is 4.55. The third-order valence-electron chi connectivity index (χ3n) is 3.26. The zero-order valence-electron chi connectivity index (χ0n) is 10.6. The van der Waals surface area contributed by atoms with Gasteiger partial charge < -0.3 is 15.4 Å². The minimum atomic E-state index is 0.0582. The van der Waals surface area contributed by atoms with Crippen molar-refractivity contribution in [1.82, 2.24) is 15.6 Å². The van der Waals surface area contributed by atoms with Crippen LogP contribution in [0.1, 0.15) is 23.5 Å². The minimum absolute atomic E-state index is 0.0582. The van der Waals surface area contributed by atoms with Gasteiger partial charge in [0.15, 0.2) is 0 Å². The van der Waals surface area contributed by atoms with Crippen molar-refractivity contribution in [1.29, 1.82) is 0 Å². The van der Waals surface area contributed by atoms with Crippen LogP contribution in [0.4, 0.5) is 0 Å². The van der Waals surface area contributed by atoms with Crippen LogP contribution in [0.25, 0.3) is 0 Å². The van der Waals surface area contributed by atoms with Gasteiger partial charge in [-0.2, -0.15) is 0 Å². The quantitative estimate of drug-likeness (QED) is 0.778. The van der Waals surface area contributed by atoms with Crippen LogP contribution in [0.3, 0.4) is 0 Å². The maximum Gasteiger partial charge on any atom is 0.113 e. The molecular formula is C12H21N3OS. The predicted octanol–water partition coefficient (Wildman–Crippen LogP) is 1.27. The molecule has 1 aromatic heterocycles. The molecule has 2 heterocycles. The van der Waals surface area contributed by atoms with Crippen molar-refractivity contribution in [3.05, 3.63) is 16.1 Å².